The van der Waals surface area contributed by atoms with Crippen LogP contribution >= 0.6 is 0 Å². The number of nitrogens with two attached hydrogens (primary N) is 1. The molecule has 2 aliphatic heterocycles. The van der Waals surface area contributed by atoms with Crippen molar-refractivity contribution in [1.82, 2.24) is 14.9 Å². The van der Waals surface area contributed by atoms with Gasteiger partial charge in [-0.1, -0.05) is 13.3 Å². The van der Waals surface area contributed by atoms with Crippen LogP contribution in [0.25, 0.3) is 0 Å². The maximum absolute atomic E-state index is 12.4. The number of aliphatic hydroxyl groups is 3. The minimum atomic E-state index is -1.73. The van der Waals surface area contributed by atoms with Gasteiger partial charge in [0, 0.05) is 25.9 Å². The molecule has 1 aromatic rings. The molecule has 15 nitrogen and oxygen atoms in total. The number of aliphatic hydroxyl groups excluding tert-OH is 3. The first-order valence-electron chi connectivity index (χ1n) is 11.2. The van der Waals surface area contributed by atoms with Crippen molar-refractivity contribution in [3.63, 3.8) is 0 Å². The fourth-order valence-electron chi connectivity index (χ4n) is 3.85. The van der Waals surface area contributed by atoms with E-state index in [0.717, 1.165) is 29.3 Å². The lowest BCUT2D eigenvalue weighted by Gasteiger charge is -2.35. The third kappa shape index (κ3) is 5.83. The Labute approximate surface area is 204 Å². The van der Waals surface area contributed by atoms with Crippen LogP contribution in [0, 0.1) is 0 Å². The lowest BCUT2D eigenvalue weighted by Crippen LogP contribution is -2.54. The van der Waals surface area contributed by atoms with Gasteiger partial charge in [-0.25, -0.2) is 4.79 Å². The van der Waals surface area contributed by atoms with Crippen molar-refractivity contribution < 1.29 is 43.9 Å². The number of primary amides is 1. The number of aromatic nitrogens is 2. The first-order valence-corrected chi connectivity index (χ1v) is 11.2. The van der Waals surface area contributed by atoms with E-state index in [1.165, 1.54) is 7.11 Å². The third-order valence-corrected chi connectivity index (χ3v) is 5.74. The molecule has 1 fully saturated rings. The Morgan fingerprint density at radius 2 is 2.00 bits per heavy atom. The standard InChI is InChI=1S/C21H30N4O11/c1-3-4-6-23-18(31)10-8-9(26)12(28)20(34-10)36-16(17(22)30)15-14(33-2)13(29)19(35-15)25-7-5-11(27)24-21(25)32/h5,7-9,12-16,19-20,26,28-29H,3-4,6H2,1-2H3,(H2,22,30)(H,23,31)(H,24,27,32)/t9-,12-,13-,14+,15+,16-,19-,20+/m1/s1. The lowest BCUT2D eigenvalue weighted by atomic mass is 10.0. The summed E-state index contributed by atoms with van der Waals surface area (Å²) in [5.41, 5.74) is 3.93. The van der Waals surface area contributed by atoms with Crippen LogP contribution in [0.3, 0.4) is 0 Å². The summed E-state index contributed by atoms with van der Waals surface area (Å²) in [6, 6.07) is 1.03. The fourth-order valence-corrected chi connectivity index (χ4v) is 3.85. The fraction of sp³-hybridized carbons (Fsp3) is 0.619. The van der Waals surface area contributed by atoms with Crippen molar-refractivity contribution in [1.29, 1.82) is 0 Å². The molecule has 0 aliphatic carbocycles. The lowest BCUT2D eigenvalue weighted by molar-refractivity contribution is -0.241. The predicted molar refractivity (Wildman–Crippen MR) is 119 cm³/mol. The summed E-state index contributed by atoms with van der Waals surface area (Å²) in [6.45, 7) is 2.28. The molecule has 0 unspecified atom stereocenters. The molecule has 0 radical (unpaired) electrons. The van der Waals surface area contributed by atoms with Crippen LogP contribution in [-0.2, 0) is 28.5 Å². The highest BCUT2D eigenvalue weighted by molar-refractivity contribution is 5.91. The highest BCUT2D eigenvalue weighted by Crippen LogP contribution is 2.34. The monoisotopic (exact) mass is 514 g/mol. The molecule has 15 heteroatoms. The summed E-state index contributed by atoms with van der Waals surface area (Å²) >= 11 is 0. The Hall–Kier alpha value is -3.08. The molecule has 0 saturated carbocycles. The number of hydrogen-bond acceptors (Lipinski definition) is 11. The van der Waals surface area contributed by atoms with E-state index in [1.807, 2.05) is 11.9 Å². The highest BCUT2D eigenvalue weighted by Gasteiger charge is 2.52. The van der Waals surface area contributed by atoms with Crippen LogP contribution in [-0.4, -0.2) is 93.3 Å². The Bertz CT molecular complexity index is 1090. The van der Waals surface area contributed by atoms with Gasteiger partial charge in [-0.05, 0) is 12.5 Å². The van der Waals surface area contributed by atoms with Crippen molar-refractivity contribution in [3.8, 4) is 0 Å². The number of ether oxygens (including phenoxy) is 4. The first-order chi connectivity index (χ1) is 17.1. The Morgan fingerprint density at radius 1 is 1.28 bits per heavy atom. The van der Waals surface area contributed by atoms with Gasteiger partial charge in [-0.15, -0.1) is 0 Å². The van der Waals surface area contributed by atoms with Crippen molar-refractivity contribution >= 4 is 11.8 Å². The molecule has 0 spiro atoms. The number of carbonyl (C=O) groups is 2. The molecule has 8 atom stereocenters. The number of nitrogens with zero attached hydrogens (tertiary/aromatic N) is 1. The number of aromatic amines is 1. The van der Waals surface area contributed by atoms with Crippen LogP contribution in [0.1, 0.15) is 26.0 Å². The molecule has 7 N–H and O–H groups in total. The number of nitrogens with one attached hydrogen (secondary N) is 2. The maximum atomic E-state index is 12.4. The molecule has 200 valence electrons. The molecule has 2 aliphatic rings. The number of hydrogen-bond donors (Lipinski definition) is 6. The Balaban J connectivity index is 1.82. The zero-order valence-electron chi connectivity index (χ0n) is 19.6. The zero-order chi connectivity index (χ0) is 26.6. The Kier molecular flexibility index (Phi) is 8.99. The van der Waals surface area contributed by atoms with Gasteiger partial charge in [-0.3, -0.25) is 23.9 Å². The smallest absolute Gasteiger partial charge is 0.330 e. The van der Waals surface area contributed by atoms with Gasteiger partial charge in [-0.2, -0.15) is 0 Å². The normalized spacial score (nSPS) is 30.8. The molecule has 3 heterocycles. The topological polar surface area (TPSA) is 225 Å². The number of rotatable bonds is 10. The first kappa shape index (κ1) is 27.5. The summed E-state index contributed by atoms with van der Waals surface area (Å²) in [6.07, 6.45) is -8.76. The van der Waals surface area contributed by atoms with Gasteiger partial charge in [0.25, 0.3) is 11.5 Å². The molecule has 2 amide bonds. The molecule has 0 bridgehead atoms. The van der Waals surface area contributed by atoms with Crippen LogP contribution in [0.15, 0.2) is 33.7 Å². The van der Waals surface area contributed by atoms with E-state index in [9.17, 15) is 34.5 Å². The van der Waals surface area contributed by atoms with Crippen molar-refractivity contribution in [2.75, 3.05) is 13.7 Å². The van der Waals surface area contributed by atoms with Crippen LogP contribution in [0.5, 0.6) is 0 Å². The minimum absolute atomic E-state index is 0.342. The van der Waals surface area contributed by atoms with E-state index in [-0.39, 0.29) is 5.76 Å². The average Bonchev–Trinajstić information content (AvgIpc) is 3.15. The van der Waals surface area contributed by atoms with Crippen LogP contribution in [0.4, 0.5) is 0 Å². The molecule has 36 heavy (non-hydrogen) atoms. The van der Waals surface area contributed by atoms with Gasteiger partial charge >= 0.3 is 5.69 Å². The van der Waals surface area contributed by atoms with Gasteiger partial charge in [0.2, 0.25) is 12.2 Å². The van der Waals surface area contributed by atoms with Crippen molar-refractivity contribution in [2.45, 2.75) is 68.9 Å². The third-order valence-electron chi connectivity index (χ3n) is 5.74. The van der Waals surface area contributed by atoms with Crippen LogP contribution in [0.2, 0.25) is 0 Å². The highest BCUT2D eigenvalue weighted by atomic mass is 16.7. The second-order valence-corrected chi connectivity index (χ2v) is 8.27. The molecule has 1 aromatic heterocycles. The van der Waals surface area contributed by atoms with E-state index < -0.39 is 72.2 Å². The maximum Gasteiger partial charge on any atom is 0.330 e. The molecule has 1 saturated heterocycles. The molecule has 0 aromatic carbocycles. The van der Waals surface area contributed by atoms with E-state index in [1.54, 1.807) is 0 Å². The number of carbonyl (C=O) groups excluding carboxylic acids is 2. The average molecular weight is 514 g/mol. The summed E-state index contributed by atoms with van der Waals surface area (Å²) in [4.78, 5) is 50.3. The van der Waals surface area contributed by atoms with E-state index in [0.29, 0.717) is 13.0 Å². The number of amides is 2. The summed E-state index contributed by atoms with van der Waals surface area (Å²) in [5.74, 6) is -2.12. The zero-order valence-corrected chi connectivity index (χ0v) is 19.6. The van der Waals surface area contributed by atoms with E-state index >= 15 is 0 Å². The van der Waals surface area contributed by atoms with E-state index in [2.05, 4.69) is 5.32 Å². The van der Waals surface area contributed by atoms with Gasteiger partial charge in [0.1, 0.15) is 30.5 Å². The van der Waals surface area contributed by atoms with Crippen molar-refractivity contribution in [3.05, 3.63) is 44.9 Å². The van der Waals surface area contributed by atoms with Gasteiger partial charge in [0.05, 0.1) is 0 Å². The summed E-state index contributed by atoms with van der Waals surface area (Å²) in [5, 5.41) is 33.9. The van der Waals surface area contributed by atoms with Gasteiger partial charge < -0.3 is 45.3 Å². The largest absolute Gasteiger partial charge is 0.456 e. The molecule has 3 rings (SSSR count). The number of H-pyrrole nitrogens is 1. The SMILES string of the molecule is CCCCNC(=O)C1=C[C@@H](O)[C@@H](O)[C@H](O[C@@H](C(N)=O)[C@H]2O[C@@H](n3ccc(=O)[nH]c3=O)[C@H](O)[C@@H]2OC)O1. The van der Waals surface area contributed by atoms with E-state index in [4.69, 9.17) is 24.7 Å². The molecular weight excluding hydrogens is 484 g/mol. The van der Waals surface area contributed by atoms with Gasteiger partial charge in [0.15, 0.2) is 18.1 Å². The number of unbranched alkanes of at least 4 members (excludes halogenated alkanes) is 1. The summed E-state index contributed by atoms with van der Waals surface area (Å²) in [7, 11) is 1.21. The predicted octanol–water partition coefficient (Wildman–Crippen LogP) is -3.44. The number of methoxy groups -OCH3 is 1. The van der Waals surface area contributed by atoms with Crippen LogP contribution < -0.4 is 22.3 Å². The minimum Gasteiger partial charge on any atom is -0.456 e. The molecular formula is C21H30N4O11. The Morgan fingerprint density at radius 3 is 2.61 bits per heavy atom. The summed E-state index contributed by atoms with van der Waals surface area (Å²) < 4.78 is 22.8. The second kappa shape index (κ2) is 11.8. The van der Waals surface area contributed by atoms with Crippen molar-refractivity contribution in [2.24, 2.45) is 5.73 Å². The quantitative estimate of drug-likeness (QED) is 0.168. The second-order valence-electron chi connectivity index (χ2n) is 8.27.